The Balaban J connectivity index is 2.69. The van der Waals surface area contributed by atoms with Crippen LogP contribution in [0, 0.1) is 5.92 Å². The Morgan fingerprint density at radius 1 is 1.42 bits per heavy atom. The Labute approximate surface area is 159 Å². The van der Waals surface area contributed by atoms with Crippen LogP contribution in [0.5, 0.6) is 11.5 Å². The molecule has 1 amide bonds. The van der Waals surface area contributed by atoms with Crippen molar-refractivity contribution in [2.75, 3.05) is 25.2 Å². The number of primary amides is 1. The second-order valence-electron chi connectivity index (χ2n) is 6.21. The number of hydrogen-bond acceptors (Lipinski definition) is 6. The van der Waals surface area contributed by atoms with E-state index in [1.54, 1.807) is 24.8 Å². The first kappa shape index (κ1) is 22.3. The number of carbonyl (C=O) groups excluding carboxylic acids is 1. The Bertz CT molecular complexity index is 583. The third kappa shape index (κ3) is 7.68. The van der Waals surface area contributed by atoms with Crippen molar-refractivity contribution in [3.8, 4) is 11.5 Å². The molecule has 6 nitrogen and oxygen atoms in total. The standard InChI is InChI=1S/C19H30N2O4S/c1-4-5-14-11-15(24-8-9-26-3)6-7-17(14)25-12-16(22)19(21)13(2)10-18(20)23/h4,6-7,11,13,16,19,22H,1,5,8-10,12,21H2,2-3H3,(H2,20,23). The smallest absolute Gasteiger partial charge is 0.217 e. The molecule has 5 N–H and O–H groups in total. The summed E-state index contributed by atoms with van der Waals surface area (Å²) in [6, 6.07) is 4.97. The highest BCUT2D eigenvalue weighted by molar-refractivity contribution is 7.98. The number of aliphatic hydroxyl groups excluding tert-OH is 1. The van der Waals surface area contributed by atoms with E-state index < -0.39 is 18.1 Å². The van der Waals surface area contributed by atoms with Crippen LogP contribution >= 0.6 is 11.8 Å². The van der Waals surface area contributed by atoms with Crippen LogP contribution < -0.4 is 20.9 Å². The lowest BCUT2D eigenvalue weighted by molar-refractivity contribution is -0.119. The summed E-state index contributed by atoms with van der Waals surface area (Å²) in [5.41, 5.74) is 12.1. The molecule has 0 bridgehead atoms. The van der Waals surface area contributed by atoms with Crippen molar-refractivity contribution in [2.45, 2.75) is 31.9 Å². The van der Waals surface area contributed by atoms with Gasteiger partial charge in [-0.25, -0.2) is 0 Å². The van der Waals surface area contributed by atoms with E-state index in [2.05, 4.69) is 6.58 Å². The van der Waals surface area contributed by atoms with Crippen molar-refractivity contribution < 1.29 is 19.4 Å². The number of nitrogens with two attached hydrogens (primary N) is 2. The summed E-state index contributed by atoms with van der Waals surface area (Å²) in [5, 5.41) is 10.2. The molecular weight excluding hydrogens is 352 g/mol. The van der Waals surface area contributed by atoms with Gasteiger partial charge in [-0.05, 0) is 36.8 Å². The van der Waals surface area contributed by atoms with Gasteiger partial charge in [0, 0.05) is 23.8 Å². The SMILES string of the molecule is C=CCc1cc(OCCSC)ccc1OCC(O)C(N)C(C)CC(N)=O. The van der Waals surface area contributed by atoms with Crippen LogP contribution in [-0.4, -0.2) is 48.4 Å². The summed E-state index contributed by atoms with van der Waals surface area (Å²) in [6.45, 7) is 6.21. The highest BCUT2D eigenvalue weighted by Crippen LogP contribution is 2.26. The lowest BCUT2D eigenvalue weighted by Gasteiger charge is -2.24. The van der Waals surface area contributed by atoms with Gasteiger partial charge in [-0.15, -0.1) is 6.58 Å². The molecule has 7 heteroatoms. The minimum Gasteiger partial charge on any atom is -0.493 e. The highest BCUT2D eigenvalue weighted by atomic mass is 32.2. The van der Waals surface area contributed by atoms with Gasteiger partial charge in [0.05, 0.1) is 6.61 Å². The second-order valence-corrected chi connectivity index (χ2v) is 7.19. The lowest BCUT2D eigenvalue weighted by Crippen LogP contribution is -2.44. The maximum atomic E-state index is 11.0. The summed E-state index contributed by atoms with van der Waals surface area (Å²) in [4.78, 5) is 11.0. The van der Waals surface area contributed by atoms with Gasteiger partial charge in [-0.1, -0.05) is 13.0 Å². The number of hydrogen-bond donors (Lipinski definition) is 3. The van der Waals surface area contributed by atoms with Crippen molar-refractivity contribution in [3.05, 3.63) is 36.4 Å². The molecule has 146 valence electrons. The van der Waals surface area contributed by atoms with Gasteiger partial charge in [-0.3, -0.25) is 4.79 Å². The van der Waals surface area contributed by atoms with Crippen LogP contribution in [0.1, 0.15) is 18.9 Å². The zero-order chi connectivity index (χ0) is 19.5. The summed E-state index contributed by atoms with van der Waals surface area (Å²) in [5.74, 6) is 1.67. The highest BCUT2D eigenvalue weighted by Gasteiger charge is 2.23. The first-order valence-electron chi connectivity index (χ1n) is 8.59. The van der Waals surface area contributed by atoms with Gasteiger partial charge in [0.25, 0.3) is 0 Å². The molecule has 0 saturated carbocycles. The monoisotopic (exact) mass is 382 g/mol. The number of amides is 1. The molecule has 3 atom stereocenters. The van der Waals surface area contributed by atoms with E-state index in [4.69, 9.17) is 20.9 Å². The molecule has 0 aromatic heterocycles. The van der Waals surface area contributed by atoms with Crippen LogP contribution in [0.25, 0.3) is 0 Å². The number of allylic oxidation sites excluding steroid dienone is 1. The Kier molecular flexibility index (Phi) is 10.2. The molecule has 1 rings (SSSR count). The topological polar surface area (TPSA) is 108 Å². The Morgan fingerprint density at radius 2 is 2.15 bits per heavy atom. The van der Waals surface area contributed by atoms with Gasteiger partial charge in [0.2, 0.25) is 5.91 Å². The normalized spacial score (nSPS) is 14.3. The molecular formula is C19H30N2O4S. The number of carbonyl (C=O) groups is 1. The fraction of sp³-hybridized carbons (Fsp3) is 0.526. The summed E-state index contributed by atoms with van der Waals surface area (Å²) >= 11 is 1.72. The molecule has 0 aliphatic heterocycles. The molecule has 0 saturated heterocycles. The number of aliphatic hydroxyl groups is 1. The van der Waals surface area contributed by atoms with Crippen LogP contribution in [0.3, 0.4) is 0 Å². The van der Waals surface area contributed by atoms with Crippen LogP contribution in [0.15, 0.2) is 30.9 Å². The third-order valence-corrected chi connectivity index (χ3v) is 4.56. The van der Waals surface area contributed by atoms with E-state index >= 15 is 0 Å². The molecule has 0 aliphatic carbocycles. The molecule has 1 aromatic carbocycles. The zero-order valence-corrected chi connectivity index (χ0v) is 16.3. The first-order chi connectivity index (χ1) is 12.4. The molecule has 1 aromatic rings. The molecule has 0 heterocycles. The van der Waals surface area contributed by atoms with Crippen LogP contribution in [-0.2, 0) is 11.2 Å². The van der Waals surface area contributed by atoms with E-state index in [1.165, 1.54) is 0 Å². The van der Waals surface area contributed by atoms with E-state index in [0.717, 1.165) is 17.1 Å². The average molecular weight is 383 g/mol. The quantitative estimate of drug-likeness (QED) is 0.354. The van der Waals surface area contributed by atoms with Crippen molar-refractivity contribution in [1.29, 1.82) is 0 Å². The Morgan fingerprint density at radius 3 is 2.77 bits per heavy atom. The fourth-order valence-electron chi connectivity index (χ4n) is 2.46. The van der Waals surface area contributed by atoms with Gasteiger partial charge in [0.1, 0.15) is 24.2 Å². The molecule has 26 heavy (non-hydrogen) atoms. The molecule has 0 radical (unpaired) electrons. The minimum atomic E-state index is -0.904. The van der Waals surface area contributed by atoms with Crippen molar-refractivity contribution in [2.24, 2.45) is 17.4 Å². The van der Waals surface area contributed by atoms with Gasteiger partial charge < -0.3 is 26.0 Å². The third-order valence-electron chi connectivity index (χ3n) is 3.99. The maximum Gasteiger partial charge on any atom is 0.217 e. The predicted molar refractivity (Wildman–Crippen MR) is 107 cm³/mol. The van der Waals surface area contributed by atoms with Crippen molar-refractivity contribution in [1.82, 2.24) is 0 Å². The van der Waals surface area contributed by atoms with Crippen molar-refractivity contribution in [3.63, 3.8) is 0 Å². The lowest BCUT2D eigenvalue weighted by atomic mass is 9.94. The number of thioether (sulfide) groups is 1. The van der Waals surface area contributed by atoms with E-state index in [1.807, 2.05) is 24.5 Å². The predicted octanol–water partition coefficient (Wildman–Crippen LogP) is 1.74. The number of rotatable bonds is 13. The van der Waals surface area contributed by atoms with Crippen LogP contribution in [0.4, 0.5) is 0 Å². The van der Waals surface area contributed by atoms with Crippen LogP contribution in [0.2, 0.25) is 0 Å². The molecule has 3 unspecified atom stereocenters. The number of ether oxygens (including phenoxy) is 2. The first-order valence-corrected chi connectivity index (χ1v) is 9.98. The zero-order valence-electron chi connectivity index (χ0n) is 15.5. The largest absolute Gasteiger partial charge is 0.493 e. The van der Waals surface area contributed by atoms with Gasteiger partial charge in [-0.2, -0.15) is 11.8 Å². The summed E-state index contributed by atoms with van der Waals surface area (Å²) in [6.07, 6.45) is 3.66. The molecule has 0 aliphatic rings. The second kappa shape index (κ2) is 11.8. The fourth-order valence-corrected chi connectivity index (χ4v) is 2.71. The summed E-state index contributed by atoms with van der Waals surface area (Å²) in [7, 11) is 0. The molecule has 0 fully saturated rings. The molecule has 0 spiro atoms. The Hall–Kier alpha value is -1.70. The average Bonchev–Trinajstić information content (AvgIpc) is 2.60. The van der Waals surface area contributed by atoms with E-state index in [-0.39, 0.29) is 18.9 Å². The minimum absolute atomic E-state index is 0.0289. The number of benzene rings is 1. The van der Waals surface area contributed by atoms with Gasteiger partial charge >= 0.3 is 0 Å². The summed E-state index contributed by atoms with van der Waals surface area (Å²) < 4.78 is 11.5. The van der Waals surface area contributed by atoms with E-state index in [9.17, 15) is 9.90 Å². The van der Waals surface area contributed by atoms with E-state index in [0.29, 0.717) is 18.8 Å². The maximum absolute atomic E-state index is 11.0. The van der Waals surface area contributed by atoms with Gasteiger partial charge in [0.15, 0.2) is 0 Å². The van der Waals surface area contributed by atoms with Crippen molar-refractivity contribution >= 4 is 17.7 Å².